The number of ether oxygens (including phenoxy) is 1. The highest BCUT2D eigenvalue weighted by molar-refractivity contribution is 7.93. The standard InChI is InChI=1S/C15H15NO4S/c1-10(2)20-14(17)9-16-12-7-3-5-11-6-4-8-13(15(11)12)21(16,18)19/h3-8,10H,9H2,1-2H3. The molecule has 0 bridgehead atoms. The summed E-state index contributed by atoms with van der Waals surface area (Å²) >= 11 is 0. The van der Waals surface area contributed by atoms with Crippen LogP contribution in [0.2, 0.25) is 0 Å². The van der Waals surface area contributed by atoms with Gasteiger partial charge in [0.25, 0.3) is 10.0 Å². The molecule has 110 valence electrons. The normalized spacial score (nSPS) is 15.7. The van der Waals surface area contributed by atoms with E-state index >= 15 is 0 Å². The molecule has 0 amide bonds. The third-order valence-corrected chi connectivity index (χ3v) is 5.12. The summed E-state index contributed by atoms with van der Waals surface area (Å²) in [5.41, 5.74) is 0.531. The van der Waals surface area contributed by atoms with Gasteiger partial charge in [-0.15, -0.1) is 0 Å². The molecule has 0 atom stereocenters. The molecule has 0 N–H and O–H groups in total. The number of nitrogens with zero attached hydrogens (tertiary/aromatic N) is 1. The minimum atomic E-state index is -3.70. The van der Waals surface area contributed by atoms with Crippen LogP contribution in [-0.4, -0.2) is 27.0 Å². The van der Waals surface area contributed by atoms with Crippen LogP contribution in [0, 0.1) is 0 Å². The van der Waals surface area contributed by atoms with E-state index in [-0.39, 0.29) is 17.5 Å². The van der Waals surface area contributed by atoms with Crippen LogP contribution in [0.25, 0.3) is 10.8 Å². The van der Waals surface area contributed by atoms with Crippen molar-refractivity contribution in [3.63, 3.8) is 0 Å². The Bertz CT molecular complexity index is 821. The third-order valence-electron chi connectivity index (χ3n) is 3.32. The van der Waals surface area contributed by atoms with Gasteiger partial charge in [-0.3, -0.25) is 9.10 Å². The SMILES string of the molecule is CC(C)OC(=O)CN1c2cccc3cccc(c23)S1(=O)=O. The fraction of sp³-hybridized carbons (Fsp3) is 0.267. The maximum Gasteiger partial charge on any atom is 0.327 e. The van der Waals surface area contributed by atoms with Crippen molar-refractivity contribution in [3.8, 4) is 0 Å². The average molecular weight is 305 g/mol. The van der Waals surface area contributed by atoms with E-state index in [4.69, 9.17) is 4.74 Å². The first kappa shape index (κ1) is 13.9. The summed E-state index contributed by atoms with van der Waals surface area (Å²) in [5.74, 6) is -0.557. The Kier molecular flexibility index (Phi) is 3.13. The van der Waals surface area contributed by atoms with Crippen molar-refractivity contribution in [1.82, 2.24) is 0 Å². The second kappa shape index (κ2) is 4.73. The first-order chi connectivity index (χ1) is 9.91. The molecular weight excluding hydrogens is 290 g/mol. The zero-order valence-corrected chi connectivity index (χ0v) is 12.6. The molecule has 5 nitrogen and oxygen atoms in total. The molecule has 0 spiro atoms. The summed E-state index contributed by atoms with van der Waals surface area (Å²) in [5, 5.41) is 1.51. The van der Waals surface area contributed by atoms with Crippen LogP contribution in [0.15, 0.2) is 41.3 Å². The molecule has 6 heteroatoms. The first-order valence-corrected chi connectivity index (χ1v) is 8.09. The highest BCUT2D eigenvalue weighted by atomic mass is 32.2. The number of benzene rings is 2. The smallest absolute Gasteiger partial charge is 0.327 e. The van der Waals surface area contributed by atoms with E-state index in [1.54, 1.807) is 38.1 Å². The number of anilines is 1. The van der Waals surface area contributed by atoms with Crippen LogP contribution in [0.4, 0.5) is 5.69 Å². The molecule has 0 radical (unpaired) electrons. The van der Waals surface area contributed by atoms with E-state index in [0.29, 0.717) is 11.1 Å². The van der Waals surface area contributed by atoms with Gasteiger partial charge in [-0.25, -0.2) is 8.42 Å². The monoisotopic (exact) mass is 305 g/mol. The molecule has 21 heavy (non-hydrogen) atoms. The third kappa shape index (κ3) is 2.15. The molecule has 0 saturated carbocycles. The largest absolute Gasteiger partial charge is 0.462 e. The summed E-state index contributed by atoms with van der Waals surface area (Å²) in [6, 6.07) is 10.5. The molecule has 3 rings (SSSR count). The molecule has 0 aliphatic carbocycles. The number of rotatable bonds is 3. The van der Waals surface area contributed by atoms with Crippen molar-refractivity contribution in [2.24, 2.45) is 0 Å². The molecule has 0 fully saturated rings. The number of sulfonamides is 1. The van der Waals surface area contributed by atoms with Crippen LogP contribution in [0.5, 0.6) is 0 Å². The van der Waals surface area contributed by atoms with Crippen LogP contribution >= 0.6 is 0 Å². The molecule has 2 aromatic rings. The van der Waals surface area contributed by atoms with Crippen molar-refractivity contribution < 1.29 is 17.9 Å². The Morgan fingerprint density at radius 3 is 2.52 bits per heavy atom. The zero-order valence-electron chi connectivity index (χ0n) is 11.7. The highest BCUT2D eigenvalue weighted by Crippen LogP contribution is 2.41. The number of carbonyl (C=O) groups is 1. The Hall–Kier alpha value is -2.08. The lowest BCUT2D eigenvalue weighted by Gasteiger charge is -2.18. The Morgan fingerprint density at radius 2 is 1.86 bits per heavy atom. The summed E-state index contributed by atoms with van der Waals surface area (Å²) in [6.07, 6.45) is -0.277. The lowest BCUT2D eigenvalue weighted by atomic mass is 10.1. The summed E-state index contributed by atoms with van der Waals surface area (Å²) in [7, 11) is -3.70. The minimum absolute atomic E-state index is 0.243. The van der Waals surface area contributed by atoms with Gasteiger partial charge in [-0.1, -0.05) is 24.3 Å². The Labute approximate surface area is 123 Å². The minimum Gasteiger partial charge on any atom is -0.462 e. The van der Waals surface area contributed by atoms with Gasteiger partial charge in [0.2, 0.25) is 0 Å². The Morgan fingerprint density at radius 1 is 1.19 bits per heavy atom. The molecule has 0 unspecified atom stereocenters. The van der Waals surface area contributed by atoms with E-state index in [1.807, 2.05) is 12.1 Å². The fourth-order valence-corrected chi connectivity index (χ4v) is 4.20. The molecule has 2 aromatic carbocycles. The predicted octanol–water partition coefficient (Wildman–Crippen LogP) is 2.30. The second-order valence-electron chi connectivity index (χ2n) is 5.18. The topological polar surface area (TPSA) is 63.7 Å². The van der Waals surface area contributed by atoms with Crippen LogP contribution < -0.4 is 4.31 Å². The first-order valence-electron chi connectivity index (χ1n) is 6.65. The number of esters is 1. The highest BCUT2D eigenvalue weighted by Gasteiger charge is 2.36. The molecule has 1 aliphatic rings. The van der Waals surface area contributed by atoms with Gasteiger partial charge in [-0.05, 0) is 31.4 Å². The summed E-state index contributed by atoms with van der Waals surface area (Å²) in [4.78, 5) is 12.1. The van der Waals surface area contributed by atoms with Gasteiger partial charge < -0.3 is 4.74 Å². The van der Waals surface area contributed by atoms with Crippen LogP contribution in [-0.2, 0) is 19.6 Å². The number of hydrogen-bond acceptors (Lipinski definition) is 4. The zero-order chi connectivity index (χ0) is 15.2. The van der Waals surface area contributed by atoms with Crippen molar-refractivity contribution in [2.45, 2.75) is 24.8 Å². The van der Waals surface area contributed by atoms with Crippen molar-refractivity contribution in [3.05, 3.63) is 36.4 Å². The van der Waals surface area contributed by atoms with Gasteiger partial charge in [0.05, 0.1) is 16.7 Å². The van der Waals surface area contributed by atoms with Gasteiger partial charge in [-0.2, -0.15) is 0 Å². The van der Waals surface area contributed by atoms with E-state index in [1.165, 1.54) is 0 Å². The van der Waals surface area contributed by atoms with Crippen LogP contribution in [0.1, 0.15) is 13.8 Å². The van der Waals surface area contributed by atoms with E-state index in [0.717, 1.165) is 9.69 Å². The molecular formula is C15H15NO4S. The maximum absolute atomic E-state index is 12.6. The fourth-order valence-electron chi connectivity index (χ4n) is 2.55. The van der Waals surface area contributed by atoms with E-state index in [2.05, 4.69) is 0 Å². The van der Waals surface area contributed by atoms with Gasteiger partial charge in [0, 0.05) is 5.39 Å². The lowest BCUT2D eigenvalue weighted by molar-refractivity contribution is -0.145. The summed E-state index contributed by atoms with van der Waals surface area (Å²) < 4.78 is 31.4. The van der Waals surface area contributed by atoms with Gasteiger partial charge in [0.1, 0.15) is 6.54 Å². The van der Waals surface area contributed by atoms with Gasteiger partial charge >= 0.3 is 5.97 Å². The van der Waals surface area contributed by atoms with Gasteiger partial charge in [0.15, 0.2) is 0 Å². The van der Waals surface area contributed by atoms with Crippen molar-refractivity contribution in [1.29, 1.82) is 0 Å². The van der Waals surface area contributed by atoms with E-state index in [9.17, 15) is 13.2 Å². The average Bonchev–Trinajstić information content (AvgIpc) is 2.62. The molecule has 1 aliphatic heterocycles. The predicted molar refractivity (Wildman–Crippen MR) is 79.7 cm³/mol. The number of hydrogen-bond donors (Lipinski definition) is 0. The van der Waals surface area contributed by atoms with Crippen molar-refractivity contribution >= 4 is 32.5 Å². The second-order valence-corrected chi connectivity index (χ2v) is 7.01. The molecule has 0 aromatic heterocycles. The molecule has 1 heterocycles. The van der Waals surface area contributed by atoms with E-state index < -0.39 is 16.0 Å². The Balaban J connectivity index is 2.09. The van der Waals surface area contributed by atoms with Crippen LogP contribution in [0.3, 0.4) is 0 Å². The number of carbonyl (C=O) groups excluding carboxylic acids is 1. The lowest BCUT2D eigenvalue weighted by Crippen LogP contribution is -2.34. The van der Waals surface area contributed by atoms with Crippen molar-refractivity contribution in [2.75, 3.05) is 10.8 Å². The summed E-state index contributed by atoms with van der Waals surface area (Å²) in [6.45, 7) is 3.14. The quantitative estimate of drug-likeness (QED) is 0.816. The molecule has 0 saturated heterocycles. The maximum atomic E-state index is 12.6.